The summed E-state index contributed by atoms with van der Waals surface area (Å²) in [5.74, 6) is 1.96. The smallest absolute Gasteiger partial charge is 0.219 e. The summed E-state index contributed by atoms with van der Waals surface area (Å²) in [7, 11) is 0. The van der Waals surface area contributed by atoms with E-state index < -0.39 is 0 Å². The lowest BCUT2D eigenvalue weighted by Crippen LogP contribution is -2.47. The molecule has 2 aromatic rings. The number of likely N-dealkylation sites (tertiary alicyclic amines) is 1. The molecule has 1 atom stereocenters. The van der Waals surface area contributed by atoms with Gasteiger partial charge in [0.15, 0.2) is 0 Å². The van der Waals surface area contributed by atoms with Crippen molar-refractivity contribution in [3.63, 3.8) is 0 Å². The normalized spacial score (nSPS) is 23.0. The third-order valence-corrected chi connectivity index (χ3v) is 6.71. The van der Waals surface area contributed by atoms with Gasteiger partial charge in [-0.1, -0.05) is 12.8 Å². The fourth-order valence-electron chi connectivity index (χ4n) is 4.51. The van der Waals surface area contributed by atoms with E-state index in [-0.39, 0.29) is 5.91 Å². The lowest BCUT2D eigenvalue weighted by molar-refractivity contribution is -0.132. The molecule has 0 bridgehead atoms. The minimum atomic E-state index is 0.255. The Morgan fingerprint density at radius 1 is 1.12 bits per heavy atom. The van der Waals surface area contributed by atoms with Crippen molar-refractivity contribution < 1.29 is 4.79 Å². The van der Waals surface area contributed by atoms with Crippen LogP contribution in [0.1, 0.15) is 45.4 Å². The average Bonchev–Trinajstić information content (AvgIpc) is 2.97. The zero-order valence-electron chi connectivity index (χ0n) is 14.9. The molecule has 2 aliphatic rings. The molecule has 0 saturated carbocycles. The van der Waals surface area contributed by atoms with E-state index in [9.17, 15) is 4.79 Å². The number of hydrogen-bond donors (Lipinski definition) is 0. The quantitative estimate of drug-likeness (QED) is 0.821. The van der Waals surface area contributed by atoms with Crippen LogP contribution < -0.4 is 4.90 Å². The molecule has 134 valence electrons. The summed E-state index contributed by atoms with van der Waals surface area (Å²) in [5.41, 5.74) is 1.05. The Balaban J connectivity index is 1.47. The Hall–Kier alpha value is -1.69. The van der Waals surface area contributed by atoms with Gasteiger partial charge < -0.3 is 9.80 Å². The number of aromatic nitrogens is 2. The number of piperidine rings is 1. The first-order valence-electron chi connectivity index (χ1n) is 9.44. The number of carbonyl (C=O) groups is 1. The minimum Gasteiger partial charge on any atom is -0.355 e. The molecule has 6 heteroatoms. The number of carbonyl (C=O) groups excluding carboxylic acids is 1. The Labute approximate surface area is 153 Å². The fourth-order valence-corrected chi connectivity index (χ4v) is 5.37. The summed E-state index contributed by atoms with van der Waals surface area (Å²) >= 11 is 1.72. The summed E-state index contributed by atoms with van der Waals surface area (Å²) in [5, 5.41) is 2.09. The van der Waals surface area contributed by atoms with Crippen LogP contribution in [0.2, 0.25) is 0 Å². The van der Waals surface area contributed by atoms with Crippen LogP contribution in [-0.2, 0) is 4.79 Å². The molecule has 0 spiro atoms. The number of anilines is 1. The maximum absolute atomic E-state index is 12.1. The second-order valence-electron chi connectivity index (χ2n) is 7.29. The van der Waals surface area contributed by atoms with Gasteiger partial charge >= 0.3 is 0 Å². The molecule has 0 N–H and O–H groups in total. The Kier molecular flexibility index (Phi) is 4.88. The van der Waals surface area contributed by atoms with E-state index in [2.05, 4.69) is 31.2 Å². The van der Waals surface area contributed by atoms with E-state index in [4.69, 9.17) is 0 Å². The molecule has 25 heavy (non-hydrogen) atoms. The van der Waals surface area contributed by atoms with Crippen LogP contribution in [0.25, 0.3) is 10.2 Å². The Morgan fingerprint density at radius 3 is 2.76 bits per heavy atom. The highest BCUT2D eigenvalue weighted by molar-refractivity contribution is 7.17. The molecule has 2 saturated heterocycles. The van der Waals surface area contributed by atoms with Gasteiger partial charge in [0.2, 0.25) is 5.91 Å². The average molecular weight is 359 g/mol. The van der Waals surface area contributed by atoms with Gasteiger partial charge in [-0.05, 0) is 43.0 Å². The summed E-state index contributed by atoms with van der Waals surface area (Å²) in [4.78, 5) is 25.6. The van der Waals surface area contributed by atoms with Gasteiger partial charge in [-0.2, -0.15) is 0 Å². The Morgan fingerprint density at radius 2 is 1.96 bits per heavy atom. The van der Waals surface area contributed by atoms with Crippen LogP contribution >= 0.6 is 11.3 Å². The number of thiophene rings is 1. The van der Waals surface area contributed by atoms with Crippen LogP contribution in [0.15, 0.2) is 17.8 Å². The first-order valence-corrected chi connectivity index (χ1v) is 10.3. The monoisotopic (exact) mass is 358 g/mol. The zero-order valence-corrected chi connectivity index (χ0v) is 15.7. The van der Waals surface area contributed by atoms with Crippen LogP contribution in [0.4, 0.5) is 5.82 Å². The van der Waals surface area contributed by atoms with Crippen molar-refractivity contribution in [3.05, 3.63) is 17.8 Å². The molecular weight excluding hydrogens is 332 g/mol. The van der Waals surface area contributed by atoms with Gasteiger partial charge in [0.05, 0.1) is 10.2 Å². The molecule has 2 fully saturated rings. The third-order valence-electron chi connectivity index (χ3n) is 5.81. The van der Waals surface area contributed by atoms with Crippen molar-refractivity contribution in [2.75, 3.05) is 24.5 Å². The molecule has 5 nitrogen and oxygen atoms in total. The second kappa shape index (κ2) is 7.28. The maximum Gasteiger partial charge on any atom is 0.219 e. The van der Waals surface area contributed by atoms with E-state index >= 15 is 0 Å². The van der Waals surface area contributed by atoms with E-state index in [0.717, 1.165) is 50.2 Å². The first-order chi connectivity index (χ1) is 12.2. The number of hydrogen-bond acceptors (Lipinski definition) is 5. The first kappa shape index (κ1) is 16.8. The topological polar surface area (TPSA) is 49.3 Å². The summed E-state index contributed by atoms with van der Waals surface area (Å²) in [6, 6.07) is 2.50. The zero-order chi connectivity index (χ0) is 17.2. The van der Waals surface area contributed by atoms with Gasteiger partial charge in [-0.15, -0.1) is 11.3 Å². The summed E-state index contributed by atoms with van der Waals surface area (Å²) in [6.07, 6.45) is 8.82. The van der Waals surface area contributed by atoms with E-state index in [1.54, 1.807) is 24.6 Å². The highest BCUT2D eigenvalue weighted by Crippen LogP contribution is 2.34. The van der Waals surface area contributed by atoms with Crippen LogP contribution in [-0.4, -0.2) is 46.5 Å². The van der Waals surface area contributed by atoms with Gasteiger partial charge in [0.25, 0.3) is 0 Å². The molecule has 0 unspecified atom stereocenters. The lowest BCUT2D eigenvalue weighted by atomic mass is 9.86. The van der Waals surface area contributed by atoms with E-state index in [1.807, 2.05) is 0 Å². The van der Waals surface area contributed by atoms with Crippen molar-refractivity contribution >= 4 is 33.3 Å². The number of rotatable bonds is 2. The SMILES string of the molecule is CC(=O)N1CCCCC[C@H]1C1CCN(c2ncnc3ccsc23)CC1. The predicted molar refractivity (Wildman–Crippen MR) is 102 cm³/mol. The van der Waals surface area contributed by atoms with Gasteiger partial charge in [-0.25, -0.2) is 9.97 Å². The maximum atomic E-state index is 12.1. The minimum absolute atomic E-state index is 0.255. The molecule has 2 aromatic heterocycles. The molecule has 4 heterocycles. The van der Waals surface area contributed by atoms with E-state index in [0.29, 0.717) is 12.0 Å². The lowest BCUT2D eigenvalue weighted by Gasteiger charge is -2.40. The highest BCUT2D eigenvalue weighted by atomic mass is 32.1. The second-order valence-corrected chi connectivity index (χ2v) is 8.20. The summed E-state index contributed by atoms with van der Waals surface area (Å²) < 4.78 is 1.20. The van der Waals surface area contributed by atoms with Crippen molar-refractivity contribution in [1.29, 1.82) is 0 Å². The standard InChI is InChI=1S/C19H26N4OS/c1-14(24)23-9-4-2-3-5-17(23)15-6-10-22(11-7-15)19-18-16(8-12-25-18)20-13-21-19/h8,12-13,15,17H,2-7,9-11H2,1H3/t17-/m0/s1. The molecule has 1 amide bonds. The van der Waals surface area contributed by atoms with Crippen molar-refractivity contribution in [2.45, 2.75) is 51.5 Å². The summed E-state index contributed by atoms with van der Waals surface area (Å²) in [6.45, 7) is 4.73. The Bertz CT molecular complexity index is 738. The molecular formula is C19H26N4OS. The number of fused-ring (bicyclic) bond motifs is 1. The van der Waals surface area contributed by atoms with Crippen LogP contribution in [0, 0.1) is 5.92 Å². The third kappa shape index (κ3) is 3.36. The molecule has 0 aliphatic carbocycles. The predicted octanol–water partition coefficient (Wildman–Crippen LogP) is 3.70. The highest BCUT2D eigenvalue weighted by Gasteiger charge is 2.33. The molecule has 2 aliphatic heterocycles. The molecule has 0 aromatic carbocycles. The van der Waals surface area contributed by atoms with Crippen molar-refractivity contribution in [1.82, 2.24) is 14.9 Å². The van der Waals surface area contributed by atoms with Crippen molar-refractivity contribution in [3.8, 4) is 0 Å². The van der Waals surface area contributed by atoms with Gasteiger partial charge in [-0.3, -0.25) is 4.79 Å². The largest absolute Gasteiger partial charge is 0.355 e. The van der Waals surface area contributed by atoms with Gasteiger partial charge in [0.1, 0.15) is 12.1 Å². The van der Waals surface area contributed by atoms with Gasteiger partial charge in [0, 0.05) is 32.6 Å². The molecule has 4 rings (SSSR count). The van der Waals surface area contributed by atoms with Crippen molar-refractivity contribution in [2.24, 2.45) is 5.92 Å². The number of nitrogens with zero attached hydrogens (tertiary/aromatic N) is 4. The number of amides is 1. The van der Waals surface area contributed by atoms with E-state index in [1.165, 1.54) is 24.0 Å². The molecule has 0 radical (unpaired) electrons. The van der Waals surface area contributed by atoms with Crippen LogP contribution in [0.3, 0.4) is 0 Å². The van der Waals surface area contributed by atoms with Crippen LogP contribution in [0.5, 0.6) is 0 Å². The fraction of sp³-hybridized carbons (Fsp3) is 0.632.